The van der Waals surface area contributed by atoms with Crippen LogP contribution in [0.15, 0.2) is 11.6 Å². The van der Waals surface area contributed by atoms with E-state index < -0.39 is 0 Å². The molecule has 3 nitrogen and oxygen atoms in total. The maximum absolute atomic E-state index is 11.7. The summed E-state index contributed by atoms with van der Waals surface area (Å²) in [6, 6.07) is 0. The molecule has 0 unspecified atom stereocenters. The van der Waals surface area contributed by atoms with Crippen LogP contribution in [0.25, 0.3) is 0 Å². The van der Waals surface area contributed by atoms with Crippen molar-refractivity contribution in [3.05, 3.63) is 16.6 Å². The van der Waals surface area contributed by atoms with Crippen LogP contribution in [-0.4, -0.2) is 16.2 Å². The van der Waals surface area contributed by atoms with E-state index in [9.17, 15) is 4.79 Å². The number of hydrogen-bond acceptors (Lipinski definition) is 3. The lowest BCUT2D eigenvalue weighted by Gasteiger charge is -2.23. The summed E-state index contributed by atoms with van der Waals surface area (Å²) in [6.07, 6.45) is 4.30. The fraction of sp³-hybridized carbons (Fsp3) is 0.636. The zero-order chi connectivity index (χ0) is 12.0. The van der Waals surface area contributed by atoms with Crippen LogP contribution in [0.3, 0.4) is 0 Å². The molecule has 0 bridgehead atoms. The molecule has 16 heavy (non-hydrogen) atoms. The Hall–Kier alpha value is -0.420. The van der Waals surface area contributed by atoms with Gasteiger partial charge in [-0.1, -0.05) is 15.9 Å². The molecule has 1 aromatic rings. The summed E-state index contributed by atoms with van der Waals surface area (Å²) in [7, 11) is 0. The Kier molecular flexibility index (Phi) is 5.41. The molecule has 90 valence electrons. The number of halogens is 1. The molecule has 0 aromatic carbocycles. The lowest BCUT2D eigenvalue weighted by Crippen LogP contribution is -2.40. The van der Waals surface area contributed by atoms with Crippen LogP contribution in [0.2, 0.25) is 0 Å². The summed E-state index contributed by atoms with van der Waals surface area (Å²) >= 11 is 4.92. The zero-order valence-corrected chi connectivity index (χ0v) is 12.0. The van der Waals surface area contributed by atoms with Gasteiger partial charge in [-0.3, -0.25) is 4.79 Å². The van der Waals surface area contributed by atoms with E-state index in [0.717, 1.165) is 23.2 Å². The van der Waals surface area contributed by atoms with Gasteiger partial charge < -0.3 is 5.32 Å². The molecule has 0 saturated carbocycles. The predicted octanol–water partition coefficient (Wildman–Crippen LogP) is 3.06. The van der Waals surface area contributed by atoms with Crippen molar-refractivity contribution in [1.29, 1.82) is 0 Å². The number of hydrogen-bond donors (Lipinski definition) is 1. The lowest BCUT2D eigenvalue weighted by atomic mass is 10.1. The van der Waals surface area contributed by atoms with E-state index in [4.69, 9.17) is 0 Å². The molecule has 5 heteroatoms. The number of aromatic nitrogens is 1. The van der Waals surface area contributed by atoms with Crippen LogP contribution in [0.5, 0.6) is 0 Å². The number of nitrogens with one attached hydrogen (secondary N) is 1. The predicted molar refractivity (Wildman–Crippen MR) is 70.9 cm³/mol. The van der Waals surface area contributed by atoms with Crippen molar-refractivity contribution in [3.63, 3.8) is 0 Å². The smallest absolute Gasteiger partial charge is 0.220 e. The summed E-state index contributed by atoms with van der Waals surface area (Å²) in [5, 5.41) is 6.84. The fourth-order valence-corrected chi connectivity index (χ4v) is 2.49. The van der Waals surface area contributed by atoms with Gasteiger partial charge in [0.2, 0.25) is 5.91 Å². The van der Waals surface area contributed by atoms with Crippen LogP contribution < -0.4 is 5.32 Å². The molecular formula is C11H17BrN2OS. The van der Waals surface area contributed by atoms with Crippen molar-refractivity contribution < 1.29 is 4.79 Å². The van der Waals surface area contributed by atoms with Crippen molar-refractivity contribution in [1.82, 2.24) is 10.3 Å². The summed E-state index contributed by atoms with van der Waals surface area (Å²) < 4.78 is 0. The average molecular weight is 305 g/mol. The minimum atomic E-state index is -0.361. The Balaban J connectivity index is 2.43. The number of thiazole rings is 1. The highest BCUT2D eigenvalue weighted by Crippen LogP contribution is 2.22. The third kappa shape index (κ3) is 4.22. The molecule has 0 saturated heterocycles. The number of unbranched alkanes of at least 4 members (excludes halogenated alkanes) is 1. The van der Waals surface area contributed by atoms with E-state index in [2.05, 4.69) is 26.2 Å². The molecule has 1 aromatic heterocycles. The van der Waals surface area contributed by atoms with E-state index in [0.29, 0.717) is 6.42 Å². The van der Waals surface area contributed by atoms with Crippen LogP contribution in [0.1, 0.15) is 38.1 Å². The second-order valence-corrected chi connectivity index (χ2v) is 5.84. The van der Waals surface area contributed by atoms with Gasteiger partial charge in [-0.25, -0.2) is 4.98 Å². The molecule has 0 aliphatic heterocycles. The van der Waals surface area contributed by atoms with E-state index in [1.807, 2.05) is 19.2 Å². The number of carbonyl (C=O) groups is 1. The summed E-state index contributed by atoms with van der Waals surface area (Å²) in [4.78, 5) is 15.9. The Labute approximate surface area is 109 Å². The van der Waals surface area contributed by atoms with Crippen LogP contribution in [0, 0.1) is 0 Å². The first kappa shape index (κ1) is 13.6. The molecule has 0 aliphatic rings. The zero-order valence-electron chi connectivity index (χ0n) is 9.62. The fourth-order valence-electron chi connectivity index (χ4n) is 1.38. The topological polar surface area (TPSA) is 42.0 Å². The molecule has 1 heterocycles. The molecule has 1 amide bonds. The van der Waals surface area contributed by atoms with Gasteiger partial charge in [0, 0.05) is 23.3 Å². The minimum absolute atomic E-state index is 0.0983. The highest BCUT2D eigenvalue weighted by Gasteiger charge is 2.24. The first-order valence-corrected chi connectivity index (χ1v) is 7.33. The molecule has 0 fully saturated rings. The molecule has 0 atom stereocenters. The third-order valence-electron chi connectivity index (χ3n) is 2.21. The quantitative estimate of drug-likeness (QED) is 0.648. The van der Waals surface area contributed by atoms with Gasteiger partial charge in [0.25, 0.3) is 0 Å². The van der Waals surface area contributed by atoms with Crippen molar-refractivity contribution in [2.45, 2.75) is 38.6 Å². The third-order valence-corrected chi connectivity index (χ3v) is 3.86. The normalized spacial score (nSPS) is 11.4. The van der Waals surface area contributed by atoms with Crippen LogP contribution >= 0.6 is 27.3 Å². The number of carbonyl (C=O) groups excluding carboxylic acids is 1. The standard InChI is InChI=1S/C11H17BrN2OS/c1-11(2,10-13-7-8-16-10)14-9(15)5-3-4-6-12/h7-8H,3-6H2,1-2H3,(H,14,15). The maximum Gasteiger partial charge on any atom is 0.220 e. The lowest BCUT2D eigenvalue weighted by molar-refractivity contribution is -0.122. The summed E-state index contributed by atoms with van der Waals surface area (Å²) in [5.41, 5.74) is -0.361. The Morgan fingerprint density at radius 3 is 2.88 bits per heavy atom. The Morgan fingerprint density at radius 2 is 2.31 bits per heavy atom. The number of amides is 1. The average Bonchev–Trinajstić information content (AvgIpc) is 2.70. The van der Waals surface area contributed by atoms with Gasteiger partial charge in [-0.2, -0.15) is 0 Å². The molecular weight excluding hydrogens is 288 g/mol. The molecule has 0 spiro atoms. The second-order valence-electron chi connectivity index (χ2n) is 4.16. The van der Waals surface area contributed by atoms with Crippen molar-refractivity contribution in [2.75, 3.05) is 5.33 Å². The highest BCUT2D eigenvalue weighted by molar-refractivity contribution is 9.09. The van der Waals surface area contributed by atoms with Crippen molar-refractivity contribution in [3.8, 4) is 0 Å². The van der Waals surface area contributed by atoms with Crippen molar-refractivity contribution in [2.24, 2.45) is 0 Å². The van der Waals surface area contributed by atoms with Gasteiger partial charge in [-0.15, -0.1) is 11.3 Å². The minimum Gasteiger partial charge on any atom is -0.345 e. The van der Waals surface area contributed by atoms with Crippen LogP contribution in [0.4, 0.5) is 0 Å². The molecule has 1 N–H and O–H groups in total. The Morgan fingerprint density at radius 1 is 1.56 bits per heavy atom. The monoisotopic (exact) mass is 304 g/mol. The van der Waals surface area contributed by atoms with Gasteiger partial charge in [0.15, 0.2) is 0 Å². The first-order valence-electron chi connectivity index (χ1n) is 5.33. The highest BCUT2D eigenvalue weighted by atomic mass is 79.9. The first-order chi connectivity index (χ1) is 7.56. The SMILES string of the molecule is CC(C)(NC(=O)CCCCBr)c1nccs1. The van der Waals surface area contributed by atoms with Crippen molar-refractivity contribution >= 4 is 33.2 Å². The summed E-state index contributed by atoms with van der Waals surface area (Å²) in [5.74, 6) is 0.0983. The van der Waals surface area contributed by atoms with E-state index in [-0.39, 0.29) is 11.4 Å². The van der Waals surface area contributed by atoms with Gasteiger partial charge in [-0.05, 0) is 26.7 Å². The number of nitrogens with zero attached hydrogens (tertiary/aromatic N) is 1. The van der Waals surface area contributed by atoms with E-state index in [1.54, 1.807) is 17.5 Å². The van der Waals surface area contributed by atoms with Gasteiger partial charge >= 0.3 is 0 Å². The molecule has 0 radical (unpaired) electrons. The van der Waals surface area contributed by atoms with E-state index in [1.165, 1.54) is 0 Å². The number of alkyl halides is 1. The molecule has 1 rings (SSSR count). The largest absolute Gasteiger partial charge is 0.345 e. The Bertz CT molecular complexity index is 325. The molecule has 0 aliphatic carbocycles. The van der Waals surface area contributed by atoms with Gasteiger partial charge in [0.05, 0.1) is 5.54 Å². The number of rotatable bonds is 6. The summed E-state index contributed by atoms with van der Waals surface area (Å²) in [6.45, 7) is 3.96. The second kappa shape index (κ2) is 6.35. The van der Waals surface area contributed by atoms with E-state index >= 15 is 0 Å². The van der Waals surface area contributed by atoms with Gasteiger partial charge in [0.1, 0.15) is 5.01 Å². The van der Waals surface area contributed by atoms with Crippen LogP contribution in [-0.2, 0) is 10.3 Å². The maximum atomic E-state index is 11.7.